The molecule has 0 aromatic heterocycles. The van der Waals surface area contributed by atoms with Gasteiger partial charge in [-0.05, 0) is 19.1 Å². The van der Waals surface area contributed by atoms with E-state index >= 15 is 0 Å². The Morgan fingerprint density at radius 3 is 2.31 bits per heavy atom. The van der Waals surface area contributed by atoms with Crippen LogP contribution in [0.25, 0.3) is 0 Å². The number of hydrogen-bond acceptors (Lipinski definition) is 2. The van der Waals surface area contributed by atoms with E-state index in [1.807, 2.05) is 19.1 Å². The van der Waals surface area contributed by atoms with E-state index in [4.69, 9.17) is 0 Å². The standard InChI is InChI=1S/C10H11NO2/c1-8-3-5-9(6-4-8)10(13)11(2)7-12/h3-7H,1-2H3. The van der Waals surface area contributed by atoms with Gasteiger partial charge in [-0.2, -0.15) is 0 Å². The van der Waals surface area contributed by atoms with Gasteiger partial charge in [0.2, 0.25) is 6.41 Å². The fraction of sp³-hybridized carbons (Fsp3) is 0.200. The van der Waals surface area contributed by atoms with Crippen LogP contribution in [-0.2, 0) is 4.79 Å². The van der Waals surface area contributed by atoms with Gasteiger partial charge in [0.05, 0.1) is 0 Å². The maximum atomic E-state index is 11.4. The number of carbonyl (C=O) groups is 2. The van der Waals surface area contributed by atoms with E-state index in [0.29, 0.717) is 12.0 Å². The van der Waals surface area contributed by atoms with Crippen molar-refractivity contribution in [3.05, 3.63) is 35.4 Å². The Bertz CT molecular complexity index is 316. The molecular weight excluding hydrogens is 166 g/mol. The van der Waals surface area contributed by atoms with E-state index < -0.39 is 0 Å². The molecule has 0 aliphatic rings. The summed E-state index contributed by atoms with van der Waals surface area (Å²) in [5.41, 5.74) is 1.62. The molecule has 0 saturated heterocycles. The zero-order chi connectivity index (χ0) is 9.84. The molecular formula is C10H11NO2. The smallest absolute Gasteiger partial charge is 0.259 e. The van der Waals surface area contributed by atoms with Gasteiger partial charge in [0.1, 0.15) is 0 Å². The minimum Gasteiger partial charge on any atom is -0.284 e. The minimum atomic E-state index is -0.282. The topological polar surface area (TPSA) is 37.4 Å². The van der Waals surface area contributed by atoms with Crippen LogP contribution in [0.1, 0.15) is 15.9 Å². The van der Waals surface area contributed by atoms with Gasteiger partial charge in [-0.1, -0.05) is 17.7 Å². The molecule has 0 aliphatic carbocycles. The molecule has 0 atom stereocenters. The Hall–Kier alpha value is -1.64. The molecule has 68 valence electrons. The molecule has 1 rings (SSSR count). The second kappa shape index (κ2) is 3.85. The molecule has 13 heavy (non-hydrogen) atoms. The molecule has 0 spiro atoms. The van der Waals surface area contributed by atoms with Crippen LogP contribution in [0.2, 0.25) is 0 Å². The van der Waals surface area contributed by atoms with Crippen LogP contribution in [0.15, 0.2) is 24.3 Å². The van der Waals surface area contributed by atoms with Crippen molar-refractivity contribution in [2.45, 2.75) is 6.92 Å². The number of amides is 2. The zero-order valence-electron chi connectivity index (χ0n) is 7.65. The van der Waals surface area contributed by atoms with E-state index in [1.54, 1.807) is 12.1 Å². The van der Waals surface area contributed by atoms with Gasteiger partial charge < -0.3 is 0 Å². The molecule has 2 amide bonds. The van der Waals surface area contributed by atoms with Gasteiger partial charge >= 0.3 is 0 Å². The van der Waals surface area contributed by atoms with Crippen molar-refractivity contribution in [2.24, 2.45) is 0 Å². The molecule has 0 N–H and O–H groups in total. The maximum absolute atomic E-state index is 11.4. The molecule has 1 aromatic rings. The molecule has 3 heteroatoms. The third-order valence-electron chi connectivity index (χ3n) is 1.78. The third-order valence-corrected chi connectivity index (χ3v) is 1.78. The molecule has 1 aromatic carbocycles. The van der Waals surface area contributed by atoms with Crippen LogP contribution in [0.4, 0.5) is 0 Å². The van der Waals surface area contributed by atoms with E-state index in [2.05, 4.69) is 0 Å². The summed E-state index contributed by atoms with van der Waals surface area (Å²) >= 11 is 0. The normalized spacial score (nSPS) is 9.38. The van der Waals surface area contributed by atoms with Crippen LogP contribution < -0.4 is 0 Å². The molecule has 0 saturated carbocycles. The summed E-state index contributed by atoms with van der Waals surface area (Å²) in [7, 11) is 1.44. The lowest BCUT2D eigenvalue weighted by Gasteiger charge is -2.08. The number of imide groups is 1. The number of aryl methyl sites for hydroxylation is 1. The van der Waals surface area contributed by atoms with Gasteiger partial charge in [0, 0.05) is 12.6 Å². The Balaban J connectivity index is 2.89. The van der Waals surface area contributed by atoms with Crippen molar-refractivity contribution < 1.29 is 9.59 Å². The Morgan fingerprint density at radius 2 is 1.85 bits per heavy atom. The first-order valence-corrected chi connectivity index (χ1v) is 3.94. The second-order valence-electron chi connectivity index (χ2n) is 2.89. The SMILES string of the molecule is Cc1ccc(C(=O)N(C)C=O)cc1. The molecule has 0 bridgehead atoms. The first kappa shape index (κ1) is 9.45. The summed E-state index contributed by atoms with van der Waals surface area (Å²) in [6.07, 6.45) is 0.502. The first-order chi connectivity index (χ1) is 6.15. The highest BCUT2D eigenvalue weighted by molar-refractivity contribution is 5.99. The van der Waals surface area contributed by atoms with Gasteiger partial charge in [-0.15, -0.1) is 0 Å². The van der Waals surface area contributed by atoms with E-state index in [1.165, 1.54) is 7.05 Å². The molecule has 0 aliphatic heterocycles. The summed E-state index contributed by atoms with van der Waals surface area (Å²) in [5, 5.41) is 0. The minimum absolute atomic E-state index is 0.282. The van der Waals surface area contributed by atoms with Crippen molar-refractivity contribution in [3.8, 4) is 0 Å². The molecule has 0 fully saturated rings. The summed E-state index contributed by atoms with van der Waals surface area (Å²) in [6, 6.07) is 7.09. The Kier molecular flexibility index (Phi) is 2.80. The summed E-state index contributed by atoms with van der Waals surface area (Å²) in [6.45, 7) is 1.94. The highest BCUT2D eigenvalue weighted by Gasteiger charge is 2.08. The lowest BCUT2D eigenvalue weighted by molar-refractivity contribution is -0.115. The average molecular weight is 177 g/mol. The van der Waals surface area contributed by atoms with Crippen LogP contribution >= 0.6 is 0 Å². The maximum Gasteiger partial charge on any atom is 0.259 e. The summed E-state index contributed by atoms with van der Waals surface area (Å²) < 4.78 is 0. The molecule has 0 heterocycles. The highest BCUT2D eigenvalue weighted by Crippen LogP contribution is 2.04. The largest absolute Gasteiger partial charge is 0.284 e. The number of hydrogen-bond donors (Lipinski definition) is 0. The van der Waals surface area contributed by atoms with Crippen molar-refractivity contribution >= 4 is 12.3 Å². The third kappa shape index (κ3) is 2.15. The van der Waals surface area contributed by atoms with Gasteiger partial charge in [0.25, 0.3) is 5.91 Å². The predicted octanol–water partition coefficient (Wildman–Crippen LogP) is 1.22. The lowest BCUT2D eigenvalue weighted by atomic mass is 10.1. The average Bonchev–Trinajstić information content (AvgIpc) is 2.17. The highest BCUT2D eigenvalue weighted by atomic mass is 16.2. The van der Waals surface area contributed by atoms with Crippen molar-refractivity contribution in [1.82, 2.24) is 4.90 Å². The predicted molar refractivity (Wildman–Crippen MR) is 49.3 cm³/mol. The molecule has 3 nitrogen and oxygen atoms in total. The van der Waals surface area contributed by atoms with Crippen molar-refractivity contribution in [3.63, 3.8) is 0 Å². The van der Waals surface area contributed by atoms with E-state index in [9.17, 15) is 9.59 Å². The van der Waals surface area contributed by atoms with Crippen molar-refractivity contribution in [1.29, 1.82) is 0 Å². The fourth-order valence-electron chi connectivity index (χ4n) is 0.948. The second-order valence-corrected chi connectivity index (χ2v) is 2.89. The van der Waals surface area contributed by atoms with Crippen LogP contribution in [0, 0.1) is 6.92 Å². The molecule has 0 radical (unpaired) electrons. The lowest BCUT2D eigenvalue weighted by Crippen LogP contribution is -2.24. The van der Waals surface area contributed by atoms with Crippen LogP contribution in [0.5, 0.6) is 0 Å². The summed E-state index contributed by atoms with van der Waals surface area (Å²) in [4.78, 5) is 22.7. The Morgan fingerprint density at radius 1 is 1.31 bits per heavy atom. The van der Waals surface area contributed by atoms with Crippen LogP contribution in [0.3, 0.4) is 0 Å². The number of rotatable bonds is 2. The number of carbonyl (C=O) groups excluding carboxylic acids is 2. The quantitative estimate of drug-likeness (QED) is 0.637. The van der Waals surface area contributed by atoms with Gasteiger partial charge in [-0.3, -0.25) is 14.5 Å². The fourth-order valence-corrected chi connectivity index (χ4v) is 0.948. The number of nitrogens with zero attached hydrogens (tertiary/aromatic N) is 1. The number of benzene rings is 1. The Labute approximate surface area is 77.0 Å². The first-order valence-electron chi connectivity index (χ1n) is 3.94. The molecule has 0 unspecified atom stereocenters. The monoisotopic (exact) mass is 177 g/mol. The van der Waals surface area contributed by atoms with Gasteiger partial charge in [-0.25, -0.2) is 0 Å². The summed E-state index contributed by atoms with van der Waals surface area (Å²) in [5.74, 6) is -0.282. The van der Waals surface area contributed by atoms with Crippen LogP contribution in [-0.4, -0.2) is 24.3 Å². The van der Waals surface area contributed by atoms with Crippen molar-refractivity contribution in [2.75, 3.05) is 7.05 Å². The van der Waals surface area contributed by atoms with E-state index in [-0.39, 0.29) is 5.91 Å². The van der Waals surface area contributed by atoms with Gasteiger partial charge in [0.15, 0.2) is 0 Å². The van der Waals surface area contributed by atoms with E-state index in [0.717, 1.165) is 10.5 Å². The zero-order valence-corrected chi connectivity index (χ0v) is 7.65.